The van der Waals surface area contributed by atoms with E-state index in [0.717, 1.165) is 11.1 Å². The number of amides is 1. The molecule has 0 radical (unpaired) electrons. The van der Waals surface area contributed by atoms with Crippen LogP contribution in [-0.4, -0.2) is 28.5 Å². The summed E-state index contributed by atoms with van der Waals surface area (Å²) in [6, 6.07) is 18.4. The Balaban J connectivity index is 1.37. The Hall–Kier alpha value is -3.67. The summed E-state index contributed by atoms with van der Waals surface area (Å²) in [5.74, 6) is -0.192. The number of esters is 1. The van der Waals surface area contributed by atoms with Crippen LogP contribution in [0, 0.1) is 0 Å². The van der Waals surface area contributed by atoms with Crippen LogP contribution in [0.3, 0.4) is 0 Å². The van der Waals surface area contributed by atoms with Crippen LogP contribution in [0.4, 0.5) is 0 Å². The molecule has 1 aliphatic heterocycles. The topological polar surface area (TPSA) is 72.6 Å². The van der Waals surface area contributed by atoms with Gasteiger partial charge in [-0.2, -0.15) is 0 Å². The molecular weight excluding hydrogens is 344 g/mol. The molecule has 1 aliphatic rings. The zero-order valence-electron chi connectivity index (χ0n) is 14.4. The lowest BCUT2D eigenvalue weighted by Crippen LogP contribution is -2.30. The van der Waals surface area contributed by atoms with Crippen LogP contribution < -0.4 is 0 Å². The van der Waals surface area contributed by atoms with Crippen molar-refractivity contribution in [3.05, 3.63) is 84.1 Å². The van der Waals surface area contributed by atoms with Crippen molar-refractivity contribution in [1.29, 1.82) is 0 Å². The Kier molecular flexibility index (Phi) is 4.30. The Bertz CT molecular complexity index is 988. The summed E-state index contributed by atoms with van der Waals surface area (Å²) in [5, 5.41) is 3.91. The predicted octanol–water partition coefficient (Wildman–Crippen LogP) is 3.51. The highest BCUT2D eigenvalue weighted by atomic mass is 16.5. The molecule has 0 spiro atoms. The second-order valence-corrected chi connectivity index (χ2v) is 6.09. The third kappa shape index (κ3) is 3.25. The fourth-order valence-corrected chi connectivity index (χ4v) is 2.95. The molecule has 1 aromatic heterocycles. The second-order valence-electron chi connectivity index (χ2n) is 6.09. The number of ether oxygens (including phenoxy) is 1. The number of fused-ring (bicyclic) bond motifs is 1. The maximum Gasteiger partial charge on any atom is 0.326 e. The van der Waals surface area contributed by atoms with Crippen LogP contribution in [0.5, 0.6) is 0 Å². The van der Waals surface area contributed by atoms with Crippen LogP contribution in [0.15, 0.2) is 71.8 Å². The molecule has 0 atom stereocenters. The first kappa shape index (κ1) is 16.8. The number of nitrogens with zero attached hydrogens (tertiary/aromatic N) is 2. The van der Waals surface area contributed by atoms with Crippen molar-refractivity contribution in [3.8, 4) is 11.3 Å². The van der Waals surface area contributed by atoms with Crippen molar-refractivity contribution in [1.82, 2.24) is 10.1 Å². The number of carbonyl (C=O) groups excluding carboxylic acids is 2. The largest absolute Gasteiger partial charge is 0.458 e. The van der Waals surface area contributed by atoms with Gasteiger partial charge in [-0.05, 0) is 6.07 Å². The summed E-state index contributed by atoms with van der Waals surface area (Å²) < 4.78 is 10.5. The number of hydrogen-bond acceptors (Lipinski definition) is 5. The van der Waals surface area contributed by atoms with Crippen molar-refractivity contribution in [2.75, 3.05) is 6.54 Å². The van der Waals surface area contributed by atoms with E-state index in [1.165, 1.54) is 4.90 Å². The molecule has 0 bridgehead atoms. The van der Waals surface area contributed by atoms with Gasteiger partial charge in [0.05, 0.1) is 0 Å². The predicted molar refractivity (Wildman–Crippen MR) is 98.2 cm³/mol. The summed E-state index contributed by atoms with van der Waals surface area (Å²) in [6.45, 7) is 3.68. The van der Waals surface area contributed by atoms with Crippen LogP contribution in [0.25, 0.3) is 17.0 Å². The standard InChI is InChI=1S/C21H16N2O4/c1-14-17-9-5-6-10-18(17)21(25)23(14)12-20(24)26-13-16-11-19(27-22-16)15-7-3-2-4-8-15/h2-11H,1,12-13H2. The van der Waals surface area contributed by atoms with E-state index in [4.69, 9.17) is 9.26 Å². The third-order valence-corrected chi connectivity index (χ3v) is 4.32. The minimum atomic E-state index is -0.540. The molecule has 0 N–H and O–H groups in total. The van der Waals surface area contributed by atoms with Crippen LogP contribution in [0.1, 0.15) is 21.6 Å². The molecule has 0 aliphatic carbocycles. The summed E-state index contributed by atoms with van der Waals surface area (Å²) in [7, 11) is 0. The summed E-state index contributed by atoms with van der Waals surface area (Å²) in [5.41, 5.74) is 3.16. The van der Waals surface area contributed by atoms with Crippen LogP contribution in [0.2, 0.25) is 0 Å². The van der Waals surface area contributed by atoms with Crippen molar-refractivity contribution in [2.24, 2.45) is 0 Å². The molecule has 0 fully saturated rings. The first-order valence-corrected chi connectivity index (χ1v) is 8.40. The van der Waals surface area contributed by atoms with Gasteiger partial charge in [-0.1, -0.05) is 60.3 Å². The van der Waals surface area contributed by atoms with Gasteiger partial charge in [-0.25, -0.2) is 0 Å². The summed E-state index contributed by atoms with van der Waals surface area (Å²) in [4.78, 5) is 25.9. The molecule has 6 nitrogen and oxygen atoms in total. The fraction of sp³-hybridized carbons (Fsp3) is 0.0952. The summed E-state index contributed by atoms with van der Waals surface area (Å²) in [6.07, 6.45) is 0. The van der Waals surface area contributed by atoms with Crippen molar-refractivity contribution in [3.63, 3.8) is 0 Å². The molecule has 0 unspecified atom stereocenters. The van der Waals surface area contributed by atoms with Crippen LogP contribution >= 0.6 is 0 Å². The van der Waals surface area contributed by atoms with E-state index < -0.39 is 5.97 Å². The minimum Gasteiger partial charge on any atom is -0.458 e. The first-order valence-electron chi connectivity index (χ1n) is 8.40. The number of aromatic nitrogens is 1. The van der Waals surface area contributed by atoms with Crippen LogP contribution in [-0.2, 0) is 16.1 Å². The van der Waals surface area contributed by atoms with Gasteiger partial charge in [0, 0.05) is 28.5 Å². The Morgan fingerprint density at radius 2 is 1.78 bits per heavy atom. The van der Waals surface area contributed by atoms with Crippen molar-refractivity contribution in [2.45, 2.75) is 6.61 Å². The molecule has 4 rings (SSSR count). The number of rotatable bonds is 5. The number of benzene rings is 2. The third-order valence-electron chi connectivity index (χ3n) is 4.32. The first-order chi connectivity index (χ1) is 13.1. The van der Waals surface area contributed by atoms with Gasteiger partial charge in [0.1, 0.15) is 18.8 Å². The SMILES string of the molecule is C=C1c2ccccc2C(=O)N1CC(=O)OCc1cc(-c2ccccc2)on1. The van der Waals surface area contributed by atoms with Crippen molar-refractivity contribution < 1.29 is 18.8 Å². The molecule has 6 heteroatoms. The molecule has 3 aromatic rings. The Morgan fingerprint density at radius 1 is 1.07 bits per heavy atom. The normalized spacial score (nSPS) is 13.0. The fourth-order valence-electron chi connectivity index (χ4n) is 2.95. The van der Waals surface area contributed by atoms with E-state index in [0.29, 0.717) is 22.7 Å². The lowest BCUT2D eigenvalue weighted by molar-refractivity contribution is -0.145. The van der Waals surface area contributed by atoms with E-state index >= 15 is 0 Å². The lowest BCUT2D eigenvalue weighted by Gasteiger charge is -2.16. The highest BCUT2D eigenvalue weighted by Crippen LogP contribution is 2.30. The average molecular weight is 360 g/mol. The average Bonchev–Trinajstić information content (AvgIpc) is 3.27. The van der Waals surface area contributed by atoms with E-state index in [1.807, 2.05) is 36.4 Å². The highest BCUT2D eigenvalue weighted by Gasteiger charge is 2.32. The zero-order valence-corrected chi connectivity index (χ0v) is 14.4. The summed E-state index contributed by atoms with van der Waals surface area (Å²) >= 11 is 0. The number of carbonyl (C=O) groups is 2. The van der Waals surface area contributed by atoms with Gasteiger partial charge in [-0.15, -0.1) is 0 Å². The highest BCUT2D eigenvalue weighted by molar-refractivity contribution is 6.10. The van der Waals surface area contributed by atoms with Crippen molar-refractivity contribution >= 4 is 17.6 Å². The quantitative estimate of drug-likeness (QED) is 0.651. The molecule has 2 aromatic carbocycles. The van der Waals surface area contributed by atoms with E-state index in [2.05, 4.69) is 11.7 Å². The van der Waals surface area contributed by atoms with E-state index in [9.17, 15) is 9.59 Å². The zero-order chi connectivity index (χ0) is 18.8. The molecule has 0 saturated heterocycles. The molecule has 0 saturated carbocycles. The maximum absolute atomic E-state index is 12.4. The van der Waals surface area contributed by atoms with Gasteiger partial charge >= 0.3 is 5.97 Å². The molecule has 27 heavy (non-hydrogen) atoms. The molecule has 2 heterocycles. The molecular formula is C21H16N2O4. The monoisotopic (exact) mass is 360 g/mol. The van der Waals surface area contributed by atoms with Gasteiger partial charge in [0.15, 0.2) is 5.76 Å². The van der Waals surface area contributed by atoms with Gasteiger partial charge in [0.25, 0.3) is 5.91 Å². The maximum atomic E-state index is 12.4. The Morgan fingerprint density at radius 3 is 2.52 bits per heavy atom. The molecule has 1 amide bonds. The van der Waals surface area contributed by atoms with Gasteiger partial charge < -0.3 is 9.26 Å². The second kappa shape index (κ2) is 6.92. The molecule has 134 valence electrons. The Labute approximate surface area is 155 Å². The van der Waals surface area contributed by atoms with Gasteiger partial charge in [-0.3, -0.25) is 14.5 Å². The lowest BCUT2D eigenvalue weighted by atomic mass is 10.1. The van der Waals surface area contributed by atoms with E-state index in [-0.39, 0.29) is 19.1 Å². The minimum absolute atomic E-state index is 0.0311. The van der Waals surface area contributed by atoms with E-state index in [1.54, 1.807) is 24.3 Å². The van der Waals surface area contributed by atoms with Gasteiger partial charge in [0.2, 0.25) is 0 Å². The number of hydrogen-bond donors (Lipinski definition) is 0. The smallest absolute Gasteiger partial charge is 0.326 e.